The predicted molar refractivity (Wildman–Crippen MR) is 124 cm³/mol. The number of hydrogen-bond acceptors (Lipinski definition) is 4. The largest absolute Gasteiger partial charge is 0.387 e. The maximum atomic E-state index is 10.2. The highest BCUT2D eigenvalue weighted by Crippen LogP contribution is 2.24. The molecule has 0 aromatic heterocycles. The van der Waals surface area contributed by atoms with Crippen molar-refractivity contribution in [2.24, 2.45) is 0 Å². The summed E-state index contributed by atoms with van der Waals surface area (Å²) in [6.45, 7) is 5.78. The minimum Gasteiger partial charge on any atom is -0.387 e. The van der Waals surface area contributed by atoms with Crippen molar-refractivity contribution in [2.75, 3.05) is 32.9 Å². The third kappa shape index (κ3) is 9.78. The van der Waals surface area contributed by atoms with Crippen molar-refractivity contribution < 1.29 is 14.6 Å². The van der Waals surface area contributed by atoms with E-state index >= 15 is 0 Å². The first-order valence-electron chi connectivity index (χ1n) is 10.6. The molecule has 4 nitrogen and oxygen atoms in total. The second-order valence-corrected chi connectivity index (χ2v) is 8.23. The SMILES string of the molecule is Cc1cccc(C(O)CNCCCCCCOCCOCc2c(Cl)cccc2Cl)c1. The van der Waals surface area contributed by atoms with Crippen molar-refractivity contribution in [1.29, 1.82) is 0 Å². The summed E-state index contributed by atoms with van der Waals surface area (Å²) in [5.74, 6) is 0. The molecule has 1 unspecified atom stereocenters. The molecule has 0 aliphatic heterocycles. The van der Waals surface area contributed by atoms with Crippen LogP contribution in [0.2, 0.25) is 10.0 Å². The van der Waals surface area contributed by atoms with Crippen LogP contribution in [0.4, 0.5) is 0 Å². The summed E-state index contributed by atoms with van der Waals surface area (Å²) in [7, 11) is 0. The summed E-state index contributed by atoms with van der Waals surface area (Å²) in [5, 5.41) is 14.8. The van der Waals surface area contributed by atoms with Crippen LogP contribution in [0.15, 0.2) is 42.5 Å². The van der Waals surface area contributed by atoms with Crippen LogP contribution in [0.3, 0.4) is 0 Å². The van der Waals surface area contributed by atoms with Crippen molar-refractivity contribution >= 4 is 23.2 Å². The number of benzene rings is 2. The van der Waals surface area contributed by atoms with Crippen molar-refractivity contribution in [3.63, 3.8) is 0 Å². The molecule has 2 rings (SSSR count). The molecule has 2 aromatic carbocycles. The fourth-order valence-corrected chi connectivity index (χ4v) is 3.61. The quantitative estimate of drug-likeness (QED) is 0.338. The van der Waals surface area contributed by atoms with Crippen LogP contribution in [0.1, 0.15) is 48.5 Å². The first kappa shape index (κ1) is 25.1. The summed E-state index contributed by atoms with van der Waals surface area (Å²) in [6, 6.07) is 13.5. The number of hydrogen-bond donors (Lipinski definition) is 2. The van der Waals surface area contributed by atoms with Gasteiger partial charge in [0.1, 0.15) is 0 Å². The number of aliphatic hydroxyl groups excluding tert-OH is 1. The molecule has 166 valence electrons. The monoisotopic (exact) mass is 453 g/mol. The van der Waals surface area contributed by atoms with Crippen molar-refractivity contribution in [2.45, 2.75) is 45.3 Å². The van der Waals surface area contributed by atoms with Gasteiger partial charge in [-0.25, -0.2) is 0 Å². The number of rotatable bonds is 15. The van der Waals surface area contributed by atoms with Gasteiger partial charge in [-0.3, -0.25) is 0 Å². The van der Waals surface area contributed by atoms with E-state index in [1.54, 1.807) is 0 Å². The zero-order valence-electron chi connectivity index (χ0n) is 17.7. The summed E-state index contributed by atoms with van der Waals surface area (Å²) in [6.07, 6.45) is 3.98. The van der Waals surface area contributed by atoms with Gasteiger partial charge in [-0.2, -0.15) is 0 Å². The number of ether oxygens (including phenoxy) is 2. The fraction of sp³-hybridized carbons (Fsp3) is 0.500. The Morgan fingerprint density at radius 2 is 1.60 bits per heavy atom. The average Bonchev–Trinajstić information content (AvgIpc) is 2.73. The molecule has 1 atom stereocenters. The highest BCUT2D eigenvalue weighted by molar-refractivity contribution is 6.35. The van der Waals surface area contributed by atoms with Crippen LogP contribution < -0.4 is 5.32 Å². The van der Waals surface area contributed by atoms with Crippen molar-refractivity contribution in [1.82, 2.24) is 5.32 Å². The van der Waals surface area contributed by atoms with Crippen LogP contribution in [0.25, 0.3) is 0 Å². The standard InChI is InChI=1S/C24H33Cl2NO3/c1-19-8-6-9-20(16-19)24(28)17-27-12-4-2-3-5-13-29-14-15-30-18-21-22(25)10-7-11-23(21)26/h6-11,16,24,27-28H,2-5,12-15,17-18H2,1H3. The van der Waals surface area contributed by atoms with E-state index in [-0.39, 0.29) is 0 Å². The average molecular weight is 454 g/mol. The first-order chi connectivity index (χ1) is 14.6. The van der Waals surface area contributed by atoms with E-state index in [0.717, 1.165) is 50.0 Å². The topological polar surface area (TPSA) is 50.7 Å². The second-order valence-electron chi connectivity index (χ2n) is 7.41. The molecular weight excluding hydrogens is 421 g/mol. The maximum absolute atomic E-state index is 10.2. The molecule has 0 fully saturated rings. The minimum absolute atomic E-state index is 0.396. The van der Waals surface area contributed by atoms with E-state index in [0.29, 0.717) is 36.4 Å². The number of unbranched alkanes of at least 4 members (excludes halogenated alkanes) is 3. The van der Waals surface area contributed by atoms with Crippen LogP contribution in [-0.4, -0.2) is 38.0 Å². The molecule has 30 heavy (non-hydrogen) atoms. The second kappa shape index (κ2) is 14.8. The van der Waals surface area contributed by atoms with Gasteiger partial charge in [0.2, 0.25) is 0 Å². The molecule has 2 N–H and O–H groups in total. The van der Waals surface area contributed by atoms with Gasteiger partial charge in [-0.15, -0.1) is 0 Å². The van der Waals surface area contributed by atoms with Gasteiger partial charge in [-0.05, 0) is 44.0 Å². The maximum Gasteiger partial charge on any atom is 0.0914 e. The third-order valence-corrected chi connectivity index (χ3v) is 5.55. The lowest BCUT2D eigenvalue weighted by atomic mass is 10.1. The van der Waals surface area contributed by atoms with Gasteiger partial charge in [0.25, 0.3) is 0 Å². The Bertz CT molecular complexity index is 722. The van der Waals surface area contributed by atoms with Gasteiger partial charge >= 0.3 is 0 Å². The number of aryl methyl sites for hydroxylation is 1. The normalized spacial score (nSPS) is 12.3. The number of aliphatic hydroxyl groups is 1. The van der Waals surface area contributed by atoms with E-state index in [2.05, 4.69) is 5.32 Å². The van der Waals surface area contributed by atoms with Gasteiger partial charge < -0.3 is 19.9 Å². The molecule has 6 heteroatoms. The van der Waals surface area contributed by atoms with Crippen LogP contribution in [-0.2, 0) is 16.1 Å². The number of halogens is 2. The minimum atomic E-state index is -0.450. The zero-order valence-corrected chi connectivity index (χ0v) is 19.2. The van der Waals surface area contributed by atoms with E-state index in [1.165, 1.54) is 5.56 Å². The Morgan fingerprint density at radius 1 is 0.900 bits per heavy atom. The van der Waals surface area contributed by atoms with Gasteiger partial charge in [0.15, 0.2) is 0 Å². The Labute approximate surface area is 190 Å². The molecule has 0 aliphatic rings. The van der Waals surface area contributed by atoms with Crippen LogP contribution >= 0.6 is 23.2 Å². The van der Waals surface area contributed by atoms with Gasteiger partial charge in [-0.1, -0.05) is 71.9 Å². The lowest BCUT2D eigenvalue weighted by Crippen LogP contribution is -2.22. The molecular formula is C24H33Cl2NO3. The molecule has 0 saturated carbocycles. The van der Waals surface area contributed by atoms with E-state index < -0.39 is 6.10 Å². The Morgan fingerprint density at radius 3 is 2.37 bits per heavy atom. The zero-order chi connectivity index (χ0) is 21.6. The van der Waals surface area contributed by atoms with Gasteiger partial charge in [0.05, 0.1) is 25.9 Å². The highest BCUT2D eigenvalue weighted by atomic mass is 35.5. The molecule has 2 aromatic rings. The Balaban J connectivity index is 1.38. The molecule has 0 radical (unpaired) electrons. The molecule has 0 saturated heterocycles. The van der Waals surface area contributed by atoms with Crippen molar-refractivity contribution in [3.8, 4) is 0 Å². The summed E-state index contributed by atoms with van der Waals surface area (Å²) in [4.78, 5) is 0. The highest BCUT2D eigenvalue weighted by Gasteiger charge is 2.07. The summed E-state index contributed by atoms with van der Waals surface area (Å²) in [5.41, 5.74) is 2.96. The van der Waals surface area contributed by atoms with Crippen LogP contribution in [0, 0.1) is 6.92 Å². The van der Waals surface area contributed by atoms with E-state index in [4.69, 9.17) is 32.7 Å². The molecule has 0 amide bonds. The predicted octanol–water partition coefficient (Wildman–Crippen LogP) is 5.72. The first-order valence-corrected chi connectivity index (χ1v) is 11.4. The van der Waals surface area contributed by atoms with Crippen molar-refractivity contribution in [3.05, 3.63) is 69.2 Å². The molecule has 0 heterocycles. The Hall–Kier alpha value is -1.14. The number of nitrogens with one attached hydrogen (secondary N) is 1. The molecule has 0 aliphatic carbocycles. The van der Waals surface area contributed by atoms with Crippen LogP contribution in [0.5, 0.6) is 0 Å². The van der Waals surface area contributed by atoms with Gasteiger partial charge in [0, 0.05) is 28.8 Å². The third-order valence-electron chi connectivity index (χ3n) is 4.84. The lowest BCUT2D eigenvalue weighted by molar-refractivity contribution is 0.0393. The summed E-state index contributed by atoms with van der Waals surface area (Å²) < 4.78 is 11.2. The summed E-state index contributed by atoms with van der Waals surface area (Å²) >= 11 is 12.2. The Kier molecular flexibility index (Phi) is 12.4. The van der Waals surface area contributed by atoms with E-state index in [9.17, 15) is 5.11 Å². The molecule has 0 bridgehead atoms. The lowest BCUT2D eigenvalue weighted by Gasteiger charge is -2.12. The smallest absolute Gasteiger partial charge is 0.0914 e. The fourth-order valence-electron chi connectivity index (χ4n) is 3.11. The molecule has 0 spiro atoms. The van der Waals surface area contributed by atoms with E-state index in [1.807, 2.05) is 49.4 Å².